The van der Waals surface area contributed by atoms with Gasteiger partial charge in [0.1, 0.15) is 11.6 Å². The van der Waals surface area contributed by atoms with Gasteiger partial charge in [0.25, 0.3) is 0 Å². The topological polar surface area (TPSA) is 62.2 Å². The molecule has 4 nitrogen and oxygen atoms in total. The summed E-state index contributed by atoms with van der Waals surface area (Å²) in [6.07, 6.45) is 0.791. The van der Waals surface area contributed by atoms with E-state index in [1.165, 1.54) is 12.1 Å². The zero-order valence-corrected chi connectivity index (χ0v) is 11.5. The number of nitrogens with one attached hydrogen (secondary N) is 1. The summed E-state index contributed by atoms with van der Waals surface area (Å²) in [4.78, 5) is 14.4. The predicted octanol–water partition coefficient (Wildman–Crippen LogP) is 3.41. The van der Waals surface area contributed by atoms with Crippen LogP contribution in [0, 0.1) is 15.2 Å². The van der Waals surface area contributed by atoms with Crippen LogP contribution in [-0.2, 0) is 0 Å². The fourth-order valence-electron chi connectivity index (χ4n) is 1.44. The van der Waals surface area contributed by atoms with Crippen LogP contribution in [0.4, 0.5) is 20.2 Å². The number of aromatic carboxylic acids is 1. The molecule has 1 aromatic heterocycles. The van der Waals surface area contributed by atoms with Crippen molar-refractivity contribution < 1.29 is 18.7 Å². The van der Waals surface area contributed by atoms with Crippen molar-refractivity contribution in [3.05, 3.63) is 51.4 Å². The van der Waals surface area contributed by atoms with E-state index in [4.69, 9.17) is 5.11 Å². The zero-order chi connectivity index (χ0) is 14.0. The van der Waals surface area contributed by atoms with Gasteiger partial charge in [-0.2, -0.15) is 0 Å². The van der Waals surface area contributed by atoms with Crippen LogP contribution in [0.3, 0.4) is 0 Å². The maximum Gasteiger partial charge on any atom is 0.356 e. The quantitative estimate of drug-likeness (QED) is 0.807. The largest absolute Gasteiger partial charge is 0.476 e. The molecule has 0 radical (unpaired) electrons. The van der Waals surface area contributed by atoms with Gasteiger partial charge in [0.2, 0.25) is 0 Å². The summed E-state index contributed by atoms with van der Waals surface area (Å²) in [7, 11) is 0. The summed E-state index contributed by atoms with van der Waals surface area (Å²) in [5.74, 6) is -2.60. The molecule has 0 atom stereocenters. The Morgan fingerprint density at radius 2 is 2.00 bits per heavy atom. The van der Waals surface area contributed by atoms with Crippen LogP contribution in [0.2, 0.25) is 0 Å². The van der Waals surface area contributed by atoms with Gasteiger partial charge >= 0.3 is 5.97 Å². The number of nitrogens with zero attached hydrogens (tertiary/aromatic N) is 1. The Kier molecular flexibility index (Phi) is 3.93. The van der Waals surface area contributed by atoms with Crippen LogP contribution >= 0.6 is 22.6 Å². The maximum absolute atomic E-state index is 13.6. The lowest BCUT2D eigenvalue weighted by molar-refractivity contribution is 0.0691. The molecule has 7 heteroatoms. The fraction of sp³-hybridized carbons (Fsp3) is 0. The van der Waals surface area contributed by atoms with E-state index >= 15 is 0 Å². The number of carbonyl (C=O) groups is 1. The van der Waals surface area contributed by atoms with Crippen LogP contribution in [0.1, 0.15) is 10.5 Å². The molecule has 0 aliphatic rings. The first-order chi connectivity index (χ1) is 8.97. The summed E-state index contributed by atoms with van der Waals surface area (Å²) in [5, 5.41) is 11.5. The van der Waals surface area contributed by atoms with Gasteiger partial charge in [0.15, 0.2) is 5.69 Å². The molecular weight excluding hydrogens is 369 g/mol. The fourth-order valence-corrected chi connectivity index (χ4v) is 1.89. The van der Waals surface area contributed by atoms with Gasteiger partial charge in [-0.25, -0.2) is 18.6 Å². The molecule has 1 aromatic carbocycles. The van der Waals surface area contributed by atoms with E-state index in [2.05, 4.69) is 10.3 Å². The van der Waals surface area contributed by atoms with Crippen molar-refractivity contribution in [3.63, 3.8) is 0 Å². The third-order valence-electron chi connectivity index (χ3n) is 2.26. The number of aromatic nitrogens is 1. The van der Waals surface area contributed by atoms with Crippen molar-refractivity contribution in [1.82, 2.24) is 4.98 Å². The zero-order valence-electron chi connectivity index (χ0n) is 9.32. The summed E-state index contributed by atoms with van der Waals surface area (Å²) >= 11 is 1.94. The van der Waals surface area contributed by atoms with E-state index < -0.39 is 17.6 Å². The van der Waals surface area contributed by atoms with Gasteiger partial charge in [-0.3, -0.25) is 0 Å². The van der Waals surface area contributed by atoms with Crippen LogP contribution in [-0.4, -0.2) is 16.1 Å². The van der Waals surface area contributed by atoms with E-state index in [9.17, 15) is 13.6 Å². The Morgan fingerprint density at radius 1 is 1.26 bits per heavy atom. The molecule has 2 aromatic rings. The molecule has 0 aliphatic heterocycles. The first kappa shape index (κ1) is 13.7. The van der Waals surface area contributed by atoms with Crippen LogP contribution < -0.4 is 5.32 Å². The third-order valence-corrected chi connectivity index (χ3v) is 2.93. The second kappa shape index (κ2) is 5.47. The smallest absolute Gasteiger partial charge is 0.356 e. The van der Waals surface area contributed by atoms with Gasteiger partial charge in [-0.05, 0) is 40.8 Å². The average molecular weight is 376 g/mol. The van der Waals surface area contributed by atoms with E-state index in [1.54, 1.807) is 6.07 Å². The Balaban J connectivity index is 2.42. The minimum absolute atomic E-state index is 0.0512. The molecule has 2 rings (SSSR count). The Bertz CT molecular complexity index is 650. The highest BCUT2D eigenvalue weighted by Gasteiger charge is 2.14. The van der Waals surface area contributed by atoms with Gasteiger partial charge in [0, 0.05) is 9.64 Å². The lowest BCUT2D eigenvalue weighted by Gasteiger charge is -2.10. The number of benzene rings is 1. The first-order valence-electron chi connectivity index (χ1n) is 5.08. The summed E-state index contributed by atoms with van der Waals surface area (Å²) in [5.41, 5.74) is -0.428. The van der Waals surface area contributed by atoms with Crippen LogP contribution in [0.15, 0.2) is 30.5 Å². The summed E-state index contributed by atoms with van der Waals surface area (Å²) < 4.78 is 27.4. The minimum Gasteiger partial charge on any atom is -0.476 e. The third kappa shape index (κ3) is 3.16. The van der Waals surface area contributed by atoms with E-state index in [0.717, 1.165) is 12.3 Å². The van der Waals surface area contributed by atoms with Gasteiger partial charge in [-0.1, -0.05) is 0 Å². The first-order valence-corrected chi connectivity index (χ1v) is 6.16. The number of hydrogen-bond donors (Lipinski definition) is 2. The number of carboxylic acid groups (broad SMARTS) is 1. The van der Waals surface area contributed by atoms with E-state index in [-0.39, 0.29) is 17.1 Å². The van der Waals surface area contributed by atoms with Crippen molar-refractivity contribution >= 4 is 39.9 Å². The monoisotopic (exact) mass is 376 g/mol. The molecule has 0 unspecified atom stereocenters. The summed E-state index contributed by atoms with van der Waals surface area (Å²) in [6.45, 7) is 0. The molecule has 1 heterocycles. The van der Waals surface area contributed by atoms with Crippen molar-refractivity contribution in [1.29, 1.82) is 0 Å². The lowest BCUT2D eigenvalue weighted by atomic mass is 10.2. The van der Waals surface area contributed by atoms with Gasteiger partial charge in [0.05, 0.1) is 17.6 Å². The number of hydrogen-bond acceptors (Lipinski definition) is 3. The van der Waals surface area contributed by atoms with Crippen LogP contribution in [0.25, 0.3) is 0 Å². The molecule has 0 spiro atoms. The Hall–Kier alpha value is -1.77. The highest BCUT2D eigenvalue weighted by atomic mass is 127. The molecule has 98 valence electrons. The molecule has 0 saturated heterocycles. The second-order valence-electron chi connectivity index (χ2n) is 3.60. The SMILES string of the molecule is O=C(O)c1ncc(F)cc1Nc1ccc(I)cc1F. The maximum atomic E-state index is 13.6. The lowest BCUT2D eigenvalue weighted by Crippen LogP contribution is -2.07. The van der Waals surface area contributed by atoms with Crippen LogP contribution in [0.5, 0.6) is 0 Å². The predicted molar refractivity (Wildman–Crippen MR) is 73.6 cm³/mol. The molecule has 19 heavy (non-hydrogen) atoms. The van der Waals surface area contributed by atoms with E-state index in [0.29, 0.717) is 3.57 Å². The number of pyridine rings is 1. The summed E-state index contributed by atoms with van der Waals surface area (Å²) in [6, 6.07) is 5.30. The van der Waals surface area contributed by atoms with Crippen molar-refractivity contribution in [2.75, 3.05) is 5.32 Å². The average Bonchev–Trinajstić information content (AvgIpc) is 2.32. The number of carboxylic acids is 1. The highest BCUT2D eigenvalue weighted by molar-refractivity contribution is 14.1. The second-order valence-corrected chi connectivity index (χ2v) is 4.85. The highest BCUT2D eigenvalue weighted by Crippen LogP contribution is 2.24. The van der Waals surface area contributed by atoms with Gasteiger partial charge < -0.3 is 10.4 Å². The molecular formula is C12H7F2IN2O2. The number of halogens is 3. The normalized spacial score (nSPS) is 10.3. The van der Waals surface area contributed by atoms with Crippen molar-refractivity contribution in [2.24, 2.45) is 0 Å². The van der Waals surface area contributed by atoms with E-state index in [1.807, 2.05) is 22.6 Å². The van der Waals surface area contributed by atoms with Gasteiger partial charge in [-0.15, -0.1) is 0 Å². The van der Waals surface area contributed by atoms with Crippen molar-refractivity contribution in [3.8, 4) is 0 Å². The number of rotatable bonds is 3. The Morgan fingerprint density at radius 3 is 2.63 bits per heavy atom. The standard InChI is InChI=1S/C12H7F2IN2O2/c13-6-3-10(11(12(18)19)16-5-6)17-9-2-1-7(15)4-8(9)14/h1-5,17H,(H,18,19). The molecule has 0 saturated carbocycles. The number of anilines is 2. The van der Waals surface area contributed by atoms with Crippen molar-refractivity contribution in [2.45, 2.75) is 0 Å². The Labute approximate surface area is 120 Å². The minimum atomic E-state index is -1.33. The molecule has 0 aliphatic carbocycles. The molecule has 2 N–H and O–H groups in total. The molecule has 0 bridgehead atoms. The molecule has 0 fully saturated rings. The molecule has 0 amide bonds.